The quantitative estimate of drug-likeness (QED) is 0.650. The van der Waals surface area contributed by atoms with E-state index in [1.807, 2.05) is 38.1 Å². The summed E-state index contributed by atoms with van der Waals surface area (Å²) in [5.41, 5.74) is 4.53. The van der Waals surface area contributed by atoms with Gasteiger partial charge in [0.1, 0.15) is 0 Å². The third kappa shape index (κ3) is 1.24. The molecule has 3 rings (SSSR count). The Balaban J connectivity index is 2.27. The van der Waals surface area contributed by atoms with Gasteiger partial charge in [0, 0.05) is 5.92 Å². The number of alkyl halides is 2. The fraction of sp³-hybridized carbons (Fsp3) is 0.357. The third-order valence-corrected chi connectivity index (χ3v) is 4.61. The van der Waals surface area contributed by atoms with Gasteiger partial charge in [-0.1, -0.05) is 53.0 Å². The van der Waals surface area contributed by atoms with Crippen molar-refractivity contribution in [3.8, 4) is 0 Å². The first kappa shape index (κ1) is 11.3. The summed E-state index contributed by atoms with van der Waals surface area (Å²) in [5.74, 6) is -0.259. The zero-order chi connectivity index (χ0) is 12.4. The van der Waals surface area contributed by atoms with Crippen LogP contribution in [0.3, 0.4) is 0 Å². The standard InChI is InChI=1S/C14H12Cl2O/c1-7(2)10-8-5-3-4-6-9(8)12-11(10)13(17)14(12,15)16/h3-6,11-12H,1-2H3. The van der Waals surface area contributed by atoms with Gasteiger partial charge >= 0.3 is 0 Å². The fourth-order valence-corrected chi connectivity index (χ4v) is 3.78. The molecule has 88 valence electrons. The second kappa shape index (κ2) is 3.37. The van der Waals surface area contributed by atoms with Crippen LogP contribution in [0.25, 0.3) is 5.57 Å². The summed E-state index contributed by atoms with van der Waals surface area (Å²) in [6, 6.07) is 8.03. The summed E-state index contributed by atoms with van der Waals surface area (Å²) in [4.78, 5) is 12.1. The summed E-state index contributed by atoms with van der Waals surface area (Å²) >= 11 is 12.3. The SMILES string of the molecule is CC(C)=C1c2ccccc2C2C1C(=O)C2(Cl)Cl. The Morgan fingerprint density at radius 1 is 1.24 bits per heavy atom. The smallest absolute Gasteiger partial charge is 0.184 e. The molecule has 2 unspecified atom stereocenters. The van der Waals surface area contributed by atoms with Crippen LogP contribution in [0.1, 0.15) is 30.9 Å². The Bertz CT molecular complexity index is 553. The van der Waals surface area contributed by atoms with Crippen LogP contribution in [0, 0.1) is 5.92 Å². The minimum Gasteiger partial charge on any atom is -0.296 e. The van der Waals surface area contributed by atoms with Crippen molar-refractivity contribution in [2.24, 2.45) is 5.92 Å². The van der Waals surface area contributed by atoms with E-state index in [0.717, 1.165) is 16.7 Å². The first-order chi connectivity index (χ1) is 7.96. The summed E-state index contributed by atoms with van der Waals surface area (Å²) < 4.78 is -1.24. The lowest BCUT2D eigenvalue weighted by molar-refractivity contribution is -0.129. The van der Waals surface area contributed by atoms with Crippen molar-refractivity contribution in [2.45, 2.75) is 24.1 Å². The Labute approximate surface area is 110 Å². The Kier molecular flexibility index (Phi) is 2.24. The van der Waals surface area contributed by atoms with Crippen molar-refractivity contribution in [2.75, 3.05) is 0 Å². The van der Waals surface area contributed by atoms with E-state index in [0.29, 0.717) is 0 Å². The molecule has 0 spiro atoms. The van der Waals surface area contributed by atoms with E-state index in [4.69, 9.17) is 23.2 Å². The maximum Gasteiger partial charge on any atom is 0.184 e. The number of halogens is 2. The van der Waals surface area contributed by atoms with E-state index < -0.39 is 4.33 Å². The number of Topliss-reactive ketones (excluding diaryl/α,β-unsaturated/α-hetero) is 1. The first-order valence-electron chi connectivity index (χ1n) is 5.65. The lowest BCUT2D eigenvalue weighted by atomic mass is 9.70. The number of fused-ring (bicyclic) bond motifs is 3. The number of ketones is 1. The molecule has 1 fully saturated rings. The van der Waals surface area contributed by atoms with Gasteiger partial charge in [-0.2, -0.15) is 0 Å². The number of carbonyl (C=O) groups excluding carboxylic acids is 1. The van der Waals surface area contributed by atoms with Gasteiger partial charge in [0.15, 0.2) is 10.1 Å². The summed E-state index contributed by atoms with van der Waals surface area (Å²) in [6.07, 6.45) is 0. The molecule has 3 heteroatoms. The molecule has 0 radical (unpaired) electrons. The maximum atomic E-state index is 12.1. The minimum absolute atomic E-state index is 0.0572. The highest BCUT2D eigenvalue weighted by Gasteiger charge is 2.65. The highest BCUT2D eigenvalue weighted by Crippen LogP contribution is 2.64. The fourth-order valence-electron chi connectivity index (χ4n) is 3.06. The Morgan fingerprint density at radius 2 is 1.88 bits per heavy atom. The molecule has 1 nitrogen and oxygen atoms in total. The van der Waals surface area contributed by atoms with Gasteiger partial charge in [0.2, 0.25) is 0 Å². The van der Waals surface area contributed by atoms with Crippen LogP contribution >= 0.6 is 23.2 Å². The number of benzene rings is 1. The molecule has 0 bridgehead atoms. The summed E-state index contributed by atoms with van der Waals surface area (Å²) in [6.45, 7) is 4.06. The molecule has 0 aliphatic heterocycles. The molecule has 0 N–H and O–H groups in total. The maximum absolute atomic E-state index is 12.1. The molecule has 2 atom stereocenters. The van der Waals surface area contributed by atoms with E-state index in [2.05, 4.69) is 0 Å². The van der Waals surface area contributed by atoms with Crippen LogP contribution in [0.15, 0.2) is 29.8 Å². The van der Waals surface area contributed by atoms with Gasteiger partial charge in [0.25, 0.3) is 0 Å². The van der Waals surface area contributed by atoms with E-state index in [9.17, 15) is 4.79 Å². The lowest BCUT2D eigenvalue weighted by Gasteiger charge is -2.42. The van der Waals surface area contributed by atoms with Gasteiger partial charge in [-0.05, 0) is 30.5 Å². The number of allylic oxidation sites excluding steroid dienone is 2. The topological polar surface area (TPSA) is 17.1 Å². The highest BCUT2D eigenvalue weighted by molar-refractivity contribution is 6.62. The molecule has 2 aliphatic rings. The number of rotatable bonds is 0. The van der Waals surface area contributed by atoms with Crippen molar-refractivity contribution in [1.29, 1.82) is 0 Å². The second-order valence-corrected chi connectivity index (χ2v) is 6.33. The monoisotopic (exact) mass is 266 g/mol. The molecule has 0 aromatic heterocycles. The van der Waals surface area contributed by atoms with E-state index in [1.54, 1.807) is 0 Å². The van der Waals surface area contributed by atoms with Crippen molar-refractivity contribution in [3.05, 3.63) is 41.0 Å². The highest BCUT2D eigenvalue weighted by atomic mass is 35.5. The predicted molar refractivity (Wildman–Crippen MR) is 70.4 cm³/mol. The molecule has 17 heavy (non-hydrogen) atoms. The molecular formula is C14H12Cl2O. The van der Waals surface area contributed by atoms with E-state index in [1.165, 1.54) is 5.57 Å². The van der Waals surface area contributed by atoms with Crippen LogP contribution in [0.4, 0.5) is 0 Å². The van der Waals surface area contributed by atoms with Gasteiger partial charge in [0.05, 0.1) is 5.92 Å². The van der Waals surface area contributed by atoms with Crippen LogP contribution < -0.4 is 0 Å². The largest absolute Gasteiger partial charge is 0.296 e. The van der Waals surface area contributed by atoms with Crippen molar-refractivity contribution in [3.63, 3.8) is 0 Å². The molecule has 2 aliphatic carbocycles. The lowest BCUT2D eigenvalue weighted by Crippen LogP contribution is -2.52. The molecule has 1 saturated carbocycles. The van der Waals surface area contributed by atoms with Crippen molar-refractivity contribution in [1.82, 2.24) is 0 Å². The summed E-state index contributed by atoms with van der Waals surface area (Å²) in [7, 11) is 0. The summed E-state index contributed by atoms with van der Waals surface area (Å²) in [5, 5.41) is 0. The predicted octanol–water partition coefficient (Wildman–Crippen LogP) is 3.95. The van der Waals surface area contributed by atoms with Gasteiger partial charge in [-0.15, -0.1) is 0 Å². The molecule has 0 saturated heterocycles. The van der Waals surface area contributed by atoms with Crippen LogP contribution in [-0.2, 0) is 4.79 Å². The van der Waals surface area contributed by atoms with E-state index in [-0.39, 0.29) is 17.6 Å². The van der Waals surface area contributed by atoms with Crippen molar-refractivity contribution >= 4 is 34.6 Å². The zero-order valence-corrected chi connectivity index (χ0v) is 11.1. The zero-order valence-electron chi connectivity index (χ0n) is 9.63. The molecule has 0 heterocycles. The minimum atomic E-state index is -1.24. The van der Waals surface area contributed by atoms with Crippen LogP contribution in [0.5, 0.6) is 0 Å². The first-order valence-corrected chi connectivity index (χ1v) is 6.40. The Morgan fingerprint density at radius 3 is 2.53 bits per heavy atom. The van der Waals surface area contributed by atoms with E-state index >= 15 is 0 Å². The van der Waals surface area contributed by atoms with Crippen molar-refractivity contribution < 1.29 is 4.79 Å². The number of hydrogen-bond acceptors (Lipinski definition) is 1. The molecular weight excluding hydrogens is 255 g/mol. The van der Waals surface area contributed by atoms with Crippen LogP contribution in [-0.4, -0.2) is 10.1 Å². The third-order valence-electron chi connectivity index (χ3n) is 3.77. The average Bonchev–Trinajstić information content (AvgIpc) is 2.61. The molecule has 1 aromatic rings. The van der Waals surface area contributed by atoms with Gasteiger partial charge < -0.3 is 0 Å². The number of hydrogen-bond donors (Lipinski definition) is 0. The molecule has 0 amide bonds. The second-order valence-electron chi connectivity index (χ2n) is 4.94. The Hall–Kier alpha value is -0.790. The van der Waals surface area contributed by atoms with Crippen LogP contribution in [0.2, 0.25) is 0 Å². The normalized spacial score (nSPS) is 28.5. The average molecular weight is 267 g/mol. The number of carbonyl (C=O) groups is 1. The van der Waals surface area contributed by atoms with Gasteiger partial charge in [-0.25, -0.2) is 0 Å². The molecule has 1 aromatic carbocycles. The van der Waals surface area contributed by atoms with Gasteiger partial charge in [-0.3, -0.25) is 4.79 Å².